The number of rotatable bonds is 6. The van der Waals surface area contributed by atoms with Gasteiger partial charge in [-0.05, 0) is 37.1 Å². The van der Waals surface area contributed by atoms with E-state index in [4.69, 9.17) is 4.74 Å². The van der Waals surface area contributed by atoms with E-state index in [0.717, 1.165) is 37.4 Å². The van der Waals surface area contributed by atoms with Gasteiger partial charge in [0, 0.05) is 25.3 Å². The summed E-state index contributed by atoms with van der Waals surface area (Å²) < 4.78 is 5.65. The van der Waals surface area contributed by atoms with Gasteiger partial charge in [0.1, 0.15) is 24.0 Å². The van der Waals surface area contributed by atoms with Gasteiger partial charge in [-0.25, -0.2) is 0 Å². The van der Waals surface area contributed by atoms with E-state index in [0.29, 0.717) is 13.2 Å². The Morgan fingerprint density at radius 1 is 1.04 bits per heavy atom. The second kappa shape index (κ2) is 8.20. The van der Waals surface area contributed by atoms with Crippen LogP contribution in [0, 0.1) is 0 Å². The number of benzene rings is 2. The number of aliphatic hydroxyl groups excluding tert-OH is 1. The van der Waals surface area contributed by atoms with Crippen LogP contribution in [0.2, 0.25) is 0 Å². The molecular formula is C22H27N3O3. The molecule has 2 aromatic rings. The van der Waals surface area contributed by atoms with Crippen LogP contribution in [0.25, 0.3) is 0 Å². The van der Waals surface area contributed by atoms with Crippen molar-refractivity contribution in [2.75, 3.05) is 37.8 Å². The van der Waals surface area contributed by atoms with Crippen LogP contribution in [-0.2, 0) is 4.79 Å². The molecule has 148 valence electrons. The lowest BCUT2D eigenvalue weighted by atomic mass is 9.85. The standard InChI is InChI=1S/C22H27N3O3/c26-19(16-28-20-9-5-2-6-10-20)15-24-13-11-22(12-14-24)21(27)23-17-25(22)18-7-3-1-4-8-18/h1-10,19,26H,11-17H2,(H,23,27). The fourth-order valence-corrected chi connectivity index (χ4v) is 4.20. The Balaban J connectivity index is 1.32. The third kappa shape index (κ3) is 3.84. The average molecular weight is 381 g/mol. The van der Waals surface area contributed by atoms with Crippen LogP contribution in [0.15, 0.2) is 60.7 Å². The van der Waals surface area contributed by atoms with E-state index in [1.165, 1.54) is 0 Å². The molecule has 1 unspecified atom stereocenters. The molecule has 0 radical (unpaired) electrons. The highest BCUT2D eigenvalue weighted by molar-refractivity contribution is 5.93. The Hall–Kier alpha value is -2.57. The van der Waals surface area contributed by atoms with Gasteiger partial charge < -0.3 is 25.0 Å². The molecule has 2 heterocycles. The summed E-state index contributed by atoms with van der Waals surface area (Å²) in [7, 11) is 0. The lowest BCUT2D eigenvalue weighted by Gasteiger charge is -2.43. The SMILES string of the molecule is O=C1NCN(c2ccccc2)C12CCN(CC(O)COc1ccccc1)CC2. The van der Waals surface area contributed by atoms with E-state index in [1.54, 1.807) is 0 Å². The van der Waals surface area contributed by atoms with Gasteiger partial charge in [-0.2, -0.15) is 0 Å². The van der Waals surface area contributed by atoms with Gasteiger partial charge in [0.2, 0.25) is 5.91 Å². The fourth-order valence-electron chi connectivity index (χ4n) is 4.20. The van der Waals surface area contributed by atoms with Crippen molar-refractivity contribution in [3.05, 3.63) is 60.7 Å². The zero-order chi connectivity index (χ0) is 19.4. The van der Waals surface area contributed by atoms with Crippen LogP contribution < -0.4 is 15.0 Å². The predicted molar refractivity (Wildman–Crippen MR) is 108 cm³/mol. The van der Waals surface area contributed by atoms with Gasteiger partial charge in [0.05, 0.1) is 6.67 Å². The number of nitrogens with zero attached hydrogens (tertiary/aromatic N) is 2. The number of carbonyl (C=O) groups is 1. The van der Waals surface area contributed by atoms with Crippen LogP contribution in [-0.4, -0.2) is 60.5 Å². The van der Waals surface area contributed by atoms with Crippen molar-refractivity contribution in [1.29, 1.82) is 0 Å². The molecule has 2 aliphatic heterocycles. The number of hydrogen-bond acceptors (Lipinski definition) is 5. The molecular weight excluding hydrogens is 354 g/mol. The molecule has 4 rings (SSSR count). The monoisotopic (exact) mass is 381 g/mol. The third-order valence-electron chi connectivity index (χ3n) is 5.74. The van der Waals surface area contributed by atoms with E-state index in [2.05, 4.69) is 27.2 Å². The minimum absolute atomic E-state index is 0.115. The lowest BCUT2D eigenvalue weighted by molar-refractivity contribution is -0.125. The first-order valence-electron chi connectivity index (χ1n) is 9.87. The number of ether oxygens (including phenoxy) is 1. The summed E-state index contributed by atoms with van der Waals surface area (Å²) in [5.74, 6) is 0.879. The normalized spacial score (nSPS) is 20.2. The van der Waals surface area contributed by atoms with Gasteiger partial charge in [-0.15, -0.1) is 0 Å². The molecule has 1 spiro atoms. The van der Waals surface area contributed by atoms with E-state index >= 15 is 0 Å². The summed E-state index contributed by atoms with van der Waals surface area (Å²) in [6, 6.07) is 19.6. The zero-order valence-corrected chi connectivity index (χ0v) is 16.0. The molecule has 2 N–H and O–H groups in total. The second-order valence-corrected chi connectivity index (χ2v) is 7.54. The minimum Gasteiger partial charge on any atom is -0.491 e. The number of para-hydroxylation sites is 2. The van der Waals surface area contributed by atoms with Gasteiger partial charge in [0.25, 0.3) is 0 Å². The Bertz CT molecular complexity index is 776. The number of amides is 1. The van der Waals surface area contributed by atoms with Crippen LogP contribution in [0.3, 0.4) is 0 Å². The maximum atomic E-state index is 12.7. The highest BCUT2D eigenvalue weighted by Gasteiger charge is 2.50. The first kappa shape index (κ1) is 18.8. The Morgan fingerprint density at radius 3 is 2.36 bits per heavy atom. The highest BCUT2D eigenvalue weighted by atomic mass is 16.5. The molecule has 1 atom stereocenters. The summed E-state index contributed by atoms with van der Waals surface area (Å²) >= 11 is 0. The molecule has 2 fully saturated rings. The van der Waals surface area contributed by atoms with Gasteiger partial charge in [-0.1, -0.05) is 36.4 Å². The topological polar surface area (TPSA) is 65.0 Å². The number of aliphatic hydroxyl groups is 1. The van der Waals surface area contributed by atoms with Crippen LogP contribution in [0.1, 0.15) is 12.8 Å². The molecule has 6 heteroatoms. The highest BCUT2D eigenvalue weighted by Crippen LogP contribution is 2.36. The van der Waals surface area contributed by atoms with Crippen molar-refractivity contribution in [2.24, 2.45) is 0 Å². The maximum absolute atomic E-state index is 12.7. The molecule has 28 heavy (non-hydrogen) atoms. The molecule has 2 saturated heterocycles. The van der Waals surface area contributed by atoms with E-state index in [-0.39, 0.29) is 12.5 Å². The minimum atomic E-state index is -0.558. The number of anilines is 1. The van der Waals surface area contributed by atoms with E-state index < -0.39 is 11.6 Å². The number of hydrogen-bond donors (Lipinski definition) is 2. The van der Waals surface area contributed by atoms with Crippen molar-refractivity contribution in [3.63, 3.8) is 0 Å². The van der Waals surface area contributed by atoms with Crippen LogP contribution in [0.5, 0.6) is 5.75 Å². The smallest absolute Gasteiger partial charge is 0.247 e. The first-order chi connectivity index (χ1) is 13.7. The summed E-state index contributed by atoms with van der Waals surface area (Å²) in [6.45, 7) is 2.92. The molecule has 0 aromatic heterocycles. The predicted octanol–water partition coefficient (Wildman–Crippen LogP) is 1.85. The van der Waals surface area contributed by atoms with E-state index in [1.807, 2.05) is 48.5 Å². The van der Waals surface area contributed by atoms with Gasteiger partial charge in [-0.3, -0.25) is 4.79 Å². The zero-order valence-electron chi connectivity index (χ0n) is 16.0. The van der Waals surface area contributed by atoms with Gasteiger partial charge in [0.15, 0.2) is 0 Å². The summed E-state index contributed by atoms with van der Waals surface area (Å²) in [5, 5.41) is 13.4. The Labute approximate surface area is 165 Å². The molecule has 2 aliphatic rings. The van der Waals surface area contributed by atoms with Crippen molar-refractivity contribution in [3.8, 4) is 5.75 Å². The fraction of sp³-hybridized carbons (Fsp3) is 0.409. The van der Waals surface area contributed by atoms with Crippen molar-refractivity contribution in [1.82, 2.24) is 10.2 Å². The van der Waals surface area contributed by atoms with Crippen molar-refractivity contribution in [2.45, 2.75) is 24.5 Å². The molecule has 6 nitrogen and oxygen atoms in total. The summed E-state index contributed by atoms with van der Waals surface area (Å²) in [6.07, 6.45) is 0.942. The van der Waals surface area contributed by atoms with Crippen LogP contribution in [0.4, 0.5) is 5.69 Å². The van der Waals surface area contributed by atoms with Crippen molar-refractivity contribution >= 4 is 11.6 Å². The Morgan fingerprint density at radius 2 is 1.68 bits per heavy atom. The summed E-state index contributed by atoms with van der Waals surface area (Å²) in [4.78, 5) is 17.1. The number of piperidine rings is 1. The maximum Gasteiger partial charge on any atom is 0.247 e. The van der Waals surface area contributed by atoms with Crippen LogP contribution >= 0.6 is 0 Å². The average Bonchev–Trinajstić information content (AvgIpc) is 3.05. The second-order valence-electron chi connectivity index (χ2n) is 7.54. The molecule has 0 bridgehead atoms. The number of β-amino-alcohol motifs (C(OH)–C–C–N with tert-alkyl or cyclic N) is 1. The molecule has 0 saturated carbocycles. The van der Waals surface area contributed by atoms with Crippen molar-refractivity contribution < 1.29 is 14.6 Å². The summed E-state index contributed by atoms with van der Waals surface area (Å²) in [5.41, 5.74) is 0.592. The number of carbonyl (C=O) groups excluding carboxylic acids is 1. The molecule has 2 aromatic carbocycles. The van der Waals surface area contributed by atoms with Gasteiger partial charge >= 0.3 is 0 Å². The third-order valence-corrected chi connectivity index (χ3v) is 5.74. The first-order valence-corrected chi connectivity index (χ1v) is 9.87. The largest absolute Gasteiger partial charge is 0.491 e. The number of likely N-dealkylation sites (tertiary alicyclic amines) is 1. The molecule has 1 amide bonds. The van der Waals surface area contributed by atoms with E-state index in [9.17, 15) is 9.90 Å². The quantitative estimate of drug-likeness (QED) is 0.800. The Kier molecular flexibility index (Phi) is 5.50. The molecule has 0 aliphatic carbocycles. The lowest BCUT2D eigenvalue weighted by Crippen LogP contribution is -2.57. The number of nitrogens with one attached hydrogen (secondary N) is 1.